The molecule has 1 aliphatic rings. The molecule has 6 heteroatoms. The molecule has 2 aromatic carbocycles. The first-order valence-electron chi connectivity index (χ1n) is 8.94. The number of amides is 1. The van der Waals surface area contributed by atoms with Gasteiger partial charge in [0.25, 0.3) is 5.91 Å². The number of nitrogens with one attached hydrogen (secondary N) is 2. The molecule has 0 aromatic heterocycles. The van der Waals surface area contributed by atoms with Crippen molar-refractivity contribution in [3.05, 3.63) is 77.0 Å². The summed E-state index contributed by atoms with van der Waals surface area (Å²) in [7, 11) is 0. The second-order valence-corrected chi connectivity index (χ2v) is 7.00. The molecule has 1 amide bonds. The Kier molecular flexibility index (Phi) is 6.48. The van der Waals surface area contributed by atoms with Crippen LogP contribution in [0.2, 0.25) is 5.02 Å². The molecule has 0 aliphatic carbocycles. The monoisotopic (exact) mass is 381 g/mol. The summed E-state index contributed by atoms with van der Waals surface area (Å²) in [5.41, 5.74) is 2.00. The Bertz CT molecular complexity index is 852. The average molecular weight is 382 g/mol. The van der Waals surface area contributed by atoms with E-state index in [2.05, 4.69) is 29.6 Å². The fourth-order valence-electron chi connectivity index (χ4n) is 3.12. The van der Waals surface area contributed by atoms with Gasteiger partial charge in [0.1, 0.15) is 18.2 Å². The van der Waals surface area contributed by atoms with Gasteiger partial charge in [-0.1, -0.05) is 48.0 Å². The maximum absolute atomic E-state index is 12.4. The molecule has 0 spiro atoms. The third-order valence-corrected chi connectivity index (χ3v) is 4.80. The van der Waals surface area contributed by atoms with Crippen LogP contribution in [0, 0.1) is 11.3 Å². The zero-order chi connectivity index (χ0) is 19.1. The fraction of sp³-hybridized carbons (Fsp3) is 0.238. The maximum Gasteiger partial charge on any atom is 0.267 e. The molecule has 27 heavy (non-hydrogen) atoms. The Morgan fingerprint density at radius 3 is 2.59 bits per heavy atom. The number of benzene rings is 2. The highest BCUT2D eigenvalue weighted by atomic mass is 35.5. The van der Waals surface area contributed by atoms with Crippen LogP contribution >= 0.6 is 11.6 Å². The van der Waals surface area contributed by atoms with E-state index in [1.165, 1.54) is 10.5 Å². The summed E-state index contributed by atoms with van der Waals surface area (Å²) >= 11 is 5.93. The van der Waals surface area contributed by atoms with Gasteiger partial charge in [-0.2, -0.15) is 5.26 Å². The number of hydrogen-bond donors (Lipinski definition) is 2. The van der Waals surface area contributed by atoms with Gasteiger partial charge in [0.15, 0.2) is 0 Å². The Morgan fingerprint density at radius 2 is 1.93 bits per heavy atom. The van der Waals surface area contributed by atoms with Crippen molar-refractivity contribution in [2.24, 2.45) is 0 Å². The van der Waals surface area contributed by atoms with E-state index in [1.54, 1.807) is 30.5 Å². The van der Waals surface area contributed by atoms with E-state index in [-0.39, 0.29) is 5.57 Å². The molecular weight excluding hydrogens is 360 g/mol. The molecule has 0 radical (unpaired) electrons. The van der Waals surface area contributed by atoms with Gasteiger partial charge in [-0.05, 0) is 18.2 Å². The summed E-state index contributed by atoms with van der Waals surface area (Å²) in [4.78, 5) is 15.9. The van der Waals surface area contributed by atoms with E-state index in [9.17, 15) is 10.1 Å². The summed E-state index contributed by atoms with van der Waals surface area (Å²) in [5, 5.41) is 12.6. The van der Waals surface area contributed by atoms with Crippen molar-refractivity contribution in [3.8, 4) is 6.07 Å². The predicted octanol–water partition coefficient (Wildman–Crippen LogP) is 2.09. The largest absolute Gasteiger partial charge is 0.365 e. The third kappa shape index (κ3) is 5.58. The number of quaternary nitrogens is 1. The van der Waals surface area contributed by atoms with Crippen molar-refractivity contribution in [2.75, 3.05) is 31.5 Å². The van der Waals surface area contributed by atoms with Crippen molar-refractivity contribution in [1.29, 1.82) is 5.26 Å². The number of hydrogen-bond acceptors (Lipinski definition) is 3. The molecule has 0 bridgehead atoms. The van der Waals surface area contributed by atoms with Crippen LogP contribution < -0.4 is 10.2 Å². The molecule has 138 valence electrons. The molecule has 1 fully saturated rings. The Hall–Kier alpha value is -2.81. The number of carbonyl (C=O) groups excluding carboxylic acids is 1. The van der Waals surface area contributed by atoms with Crippen LogP contribution in [0.1, 0.15) is 5.56 Å². The van der Waals surface area contributed by atoms with Gasteiger partial charge in [0.05, 0.1) is 26.2 Å². The van der Waals surface area contributed by atoms with Gasteiger partial charge in [0, 0.05) is 22.5 Å². The smallest absolute Gasteiger partial charge is 0.267 e. The van der Waals surface area contributed by atoms with Crippen molar-refractivity contribution in [2.45, 2.75) is 6.54 Å². The van der Waals surface area contributed by atoms with E-state index < -0.39 is 5.91 Å². The lowest BCUT2D eigenvalue weighted by atomic mass is 10.2. The van der Waals surface area contributed by atoms with Gasteiger partial charge in [-0.3, -0.25) is 4.79 Å². The molecule has 1 saturated heterocycles. The van der Waals surface area contributed by atoms with E-state index in [0.717, 1.165) is 32.7 Å². The maximum atomic E-state index is 12.4. The zero-order valence-corrected chi connectivity index (χ0v) is 15.7. The predicted molar refractivity (Wildman–Crippen MR) is 106 cm³/mol. The van der Waals surface area contributed by atoms with Gasteiger partial charge < -0.3 is 15.1 Å². The molecule has 2 N–H and O–H groups in total. The summed E-state index contributed by atoms with van der Waals surface area (Å²) in [6.07, 6.45) is 1.67. The van der Waals surface area contributed by atoms with Crippen LogP contribution in [0.4, 0.5) is 5.69 Å². The Morgan fingerprint density at radius 1 is 1.19 bits per heavy atom. The van der Waals surface area contributed by atoms with Gasteiger partial charge in [-0.15, -0.1) is 0 Å². The first-order chi connectivity index (χ1) is 13.1. The van der Waals surface area contributed by atoms with Gasteiger partial charge in [-0.25, -0.2) is 0 Å². The van der Waals surface area contributed by atoms with Gasteiger partial charge >= 0.3 is 0 Å². The third-order valence-electron chi connectivity index (χ3n) is 4.56. The summed E-state index contributed by atoms with van der Waals surface area (Å²) in [6.45, 7) is 4.58. The van der Waals surface area contributed by atoms with Crippen LogP contribution in [-0.4, -0.2) is 37.0 Å². The second-order valence-electron chi connectivity index (χ2n) is 6.57. The van der Waals surface area contributed by atoms with Crippen molar-refractivity contribution >= 4 is 23.2 Å². The summed E-state index contributed by atoms with van der Waals surface area (Å²) in [6, 6.07) is 19.3. The minimum atomic E-state index is -0.418. The Labute approximate surface area is 164 Å². The first kappa shape index (κ1) is 19.0. The lowest BCUT2D eigenvalue weighted by Gasteiger charge is -2.31. The topological polar surface area (TPSA) is 60.6 Å². The highest BCUT2D eigenvalue weighted by Crippen LogP contribution is 2.15. The van der Waals surface area contributed by atoms with Crippen LogP contribution in [0.3, 0.4) is 0 Å². The number of nitrogens with zero attached hydrogens (tertiary/aromatic N) is 2. The van der Waals surface area contributed by atoms with E-state index in [4.69, 9.17) is 11.6 Å². The lowest BCUT2D eigenvalue weighted by molar-refractivity contribution is -0.917. The average Bonchev–Trinajstić information content (AvgIpc) is 2.68. The molecule has 3 rings (SSSR count). The normalized spacial score (nSPS) is 15.3. The molecule has 5 nitrogen and oxygen atoms in total. The Balaban J connectivity index is 1.55. The summed E-state index contributed by atoms with van der Waals surface area (Å²) in [5.74, 6) is -0.418. The molecule has 0 atom stereocenters. The van der Waals surface area contributed by atoms with Crippen LogP contribution in [-0.2, 0) is 11.3 Å². The van der Waals surface area contributed by atoms with Crippen LogP contribution in [0.25, 0.3) is 0 Å². The van der Waals surface area contributed by atoms with E-state index in [0.29, 0.717) is 10.7 Å². The van der Waals surface area contributed by atoms with Crippen molar-refractivity contribution < 1.29 is 9.69 Å². The highest BCUT2D eigenvalue weighted by Gasteiger charge is 2.20. The van der Waals surface area contributed by atoms with E-state index in [1.807, 2.05) is 17.0 Å². The SMILES string of the molecule is N#CC(=CN1CC[NH+](Cc2ccccc2)CC1)C(=O)Nc1cccc(Cl)c1. The number of halogens is 1. The highest BCUT2D eigenvalue weighted by molar-refractivity contribution is 6.31. The number of nitriles is 1. The quantitative estimate of drug-likeness (QED) is 0.616. The van der Waals surface area contributed by atoms with Crippen LogP contribution in [0.5, 0.6) is 0 Å². The molecule has 0 unspecified atom stereocenters. The van der Waals surface area contributed by atoms with E-state index >= 15 is 0 Å². The minimum absolute atomic E-state index is 0.0986. The summed E-state index contributed by atoms with van der Waals surface area (Å²) < 4.78 is 0. The number of anilines is 1. The fourth-order valence-corrected chi connectivity index (χ4v) is 3.31. The van der Waals surface area contributed by atoms with Gasteiger partial charge in [0.2, 0.25) is 0 Å². The van der Waals surface area contributed by atoms with Crippen LogP contribution in [0.15, 0.2) is 66.4 Å². The van der Waals surface area contributed by atoms with Crippen molar-refractivity contribution in [1.82, 2.24) is 4.90 Å². The number of rotatable bonds is 5. The molecule has 2 aromatic rings. The van der Waals surface area contributed by atoms with Crippen molar-refractivity contribution in [3.63, 3.8) is 0 Å². The second kappa shape index (κ2) is 9.22. The number of carbonyl (C=O) groups is 1. The zero-order valence-electron chi connectivity index (χ0n) is 15.0. The lowest BCUT2D eigenvalue weighted by Crippen LogP contribution is -3.13. The standard InChI is InChI=1S/C21H21ClN4O/c22-19-7-4-8-20(13-19)24-21(27)18(14-23)16-26-11-9-25(10-12-26)15-17-5-2-1-3-6-17/h1-8,13,16H,9-12,15H2,(H,24,27)/p+1. The molecule has 1 heterocycles. The number of piperazine rings is 1. The minimum Gasteiger partial charge on any atom is -0.365 e. The molecular formula is C21H22ClN4O+. The molecule has 1 aliphatic heterocycles. The molecule has 0 saturated carbocycles. The first-order valence-corrected chi connectivity index (χ1v) is 9.32.